The zero-order valence-corrected chi connectivity index (χ0v) is 19.6. The molecule has 0 N–H and O–H groups in total. The molecule has 0 aromatic heterocycles. The van der Waals surface area contributed by atoms with E-state index < -0.39 is 0 Å². The van der Waals surface area contributed by atoms with E-state index in [9.17, 15) is 0 Å². The van der Waals surface area contributed by atoms with Gasteiger partial charge >= 0.3 is 0 Å². The summed E-state index contributed by atoms with van der Waals surface area (Å²) in [5.41, 5.74) is 16.2. The number of fused-ring (bicyclic) bond motifs is 6. The molecule has 0 heteroatoms. The monoisotopic (exact) mass is 396 g/mol. The Morgan fingerprint density at radius 3 is 1.40 bits per heavy atom. The molecule has 0 amide bonds. The van der Waals surface area contributed by atoms with E-state index in [1.807, 2.05) is 0 Å². The second-order valence-corrected chi connectivity index (χ2v) is 10.4. The minimum atomic E-state index is 0.589. The van der Waals surface area contributed by atoms with Crippen LogP contribution in [0.15, 0.2) is 47.5 Å². The summed E-state index contributed by atoms with van der Waals surface area (Å²) in [6.07, 6.45) is 5.04. The van der Waals surface area contributed by atoms with Crippen molar-refractivity contribution in [2.24, 2.45) is 0 Å². The Labute approximate surface area is 183 Å². The minimum Gasteiger partial charge on any atom is -0.0616 e. The highest BCUT2D eigenvalue weighted by Crippen LogP contribution is 2.55. The Kier molecular flexibility index (Phi) is 4.80. The van der Waals surface area contributed by atoms with Crippen LogP contribution in [0.2, 0.25) is 0 Å². The smallest absolute Gasteiger partial charge is 0.00606 e. The van der Waals surface area contributed by atoms with Crippen LogP contribution in [-0.4, -0.2) is 0 Å². The molecule has 5 rings (SSSR count). The van der Waals surface area contributed by atoms with Crippen LogP contribution < -0.4 is 0 Å². The SMILES string of the molecule is CC1=C2CCC3=C(C)c4c(C(C)C)cccc4C3CCC2c2cccc(C(C)C)c21. The maximum Gasteiger partial charge on any atom is 0.00606 e. The molecule has 2 aromatic carbocycles. The molecule has 1 fully saturated rings. The maximum absolute atomic E-state index is 2.42. The first-order valence-electron chi connectivity index (χ1n) is 12.1. The maximum atomic E-state index is 2.42. The molecule has 2 unspecified atom stereocenters. The molecule has 0 saturated heterocycles. The lowest BCUT2D eigenvalue weighted by Crippen LogP contribution is -2.09. The summed E-state index contributed by atoms with van der Waals surface area (Å²) >= 11 is 0. The van der Waals surface area contributed by atoms with Gasteiger partial charge in [-0.2, -0.15) is 0 Å². The highest BCUT2D eigenvalue weighted by molar-refractivity contribution is 5.82. The van der Waals surface area contributed by atoms with Crippen LogP contribution in [0.4, 0.5) is 0 Å². The molecule has 0 nitrogen and oxygen atoms in total. The summed E-state index contributed by atoms with van der Waals surface area (Å²) < 4.78 is 0. The molecule has 0 bridgehead atoms. The van der Waals surface area contributed by atoms with Crippen LogP contribution in [0.5, 0.6) is 0 Å². The van der Waals surface area contributed by atoms with E-state index in [2.05, 4.69) is 77.9 Å². The highest BCUT2D eigenvalue weighted by atomic mass is 14.4. The molecule has 0 aliphatic heterocycles. The van der Waals surface area contributed by atoms with E-state index in [0.717, 1.165) is 0 Å². The van der Waals surface area contributed by atoms with Gasteiger partial charge in [-0.05, 0) is 95.9 Å². The predicted molar refractivity (Wildman–Crippen MR) is 130 cm³/mol. The van der Waals surface area contributed by atoms with Crippen molar-refractivity contribution in [2.45, 2.75) is 90.9 Å². The first kappa shape index (κ1) is 19.9. The molecule has 0 heterocycles. The lowest BCUT2D eigenvalue weighted by molar-refractivity contribution is 0.560. The van der Waals surface area contributed by atoms with E-state index >= 15 is 0 Å². The molecule has 30 heavy (non-hydrogen) atoms. The van der Waals surface area contributed by atoms with E-state index in [1.54, 1.807) is 55.7 Å². The van der Waals surface area contributed by atoms with Crippen molar-refractivity contribution in [2.75, 3.05) is 0 Å². The average Bonchev–Trinajstić information content (AvgIpc) is 3.12. The zero-order chi connectivity index (χ0) is 21.2. The minimum absolute atomic E-state index is 0.589. The predicted octanol–water partition coefficient (Wildman–Crippen LogP) is 8.95. The van der Waals surface area contributed by atoms with Gasteiger partial charge in [0.25, 0.3) is 0 Å². The molecule has 0 spiro atoms. The molecule has 3 aliphatic carbocycles. The fraction of sp³-hybridized carbons (Fsp3) is 0.467. The van der Waals surface area contributed by atoms with E-state index in [1.165, 1.54) is 25.7 Å². The number of allylic oxidation sites excluding steroid dienone is 4. The number of hydrogen-bond donors (Lipinski definition) is 0. The van der Waals surface area contributed by atoms with Crippen molar-refractivity contribution in [3.63, 3.8) is 0 Å². The van der Waals surface area contributed by atoms with Gasteiger partial charge < -0.3 is 0 Å². The highest BCUT2D eigenvalue weighted by Gasteiger charge is 2.37. The zero-order valence-electron chi connectivity index (χ0n) is 19.6. The first-order valence-corrected chi connectivity index (χ1v) is 12.1. The summed E-state index contributed by atoms with van der Waals surface area (Å²) in [6.45, 7) is 14.2. The molecule has 3 aliphatic rings. The van der Waals surface area contributed by atoms with E-state index in [0.29, 0.717) is 23.7 Å². The third kappa shape index (κ3) is 2.79. The Morgan fingerprint density at radius 2 is 1.03 bits per heavy atom. The lowest BCUT2D eigenvalue weighted by Gasteiger charge is -2.26. The molecule has 2 aromatic rings. The van der Waals surface area contributed by atoms with Crippen LogP contribution in [0, 0.1) is 0 Å². The average molecular weight is 397 g/mol. The normalized spacial score (nSPS) is 22.8. The Hall–Kier alpha value is -2.08. The molecule has 1 saturated carbocycles. The Bertz CT molecular complexity index is 986. The fourth-order valence-corrected chi connectivity index (χ4v) is 6.79. The van der Waals surface area contributed by atoms with Crippen LogP contribution >= 0.6 is 0 Å². The second-order valence-electron chi connectivity index (χ2n) is 10.4. The third-order valence-electron chi connectivity index (χ3n) is 8.21. The Morgan fingerprint density at radius 1 is 0.633 bits per heavy atom. The summed E-state index contributed by atoms with van der Waals surface area (Å²) in [4.78, 5) is 0. The molecular weight excluding hydrogens is 360 g/mol. The van der Waals surface area contributed by atoms with Crippen molar-refractivity contribution in [3.8, 4) is 0 Å². The van der Waals surface area contributed by atoms with Gasteiger partial charge in [-0.3, -0.25) is 0 Å². The third-order valence-corrected chi connectivity index (χ3v) is 8.21. The first-order chi connectivity index (χ1) is 14.4. The van der Waals surface area contributed by atoms with Crippen molar-refractivity contribution in [1.82, 2.24) is 0 Å². The molecular formula is C30H36. The molecule has 156 valence electrons. The van der Waals surface area contributed by atoms with Gasteiger partial charge in [0.05, 0.1) is 0 Å². The van der Waals surface area contributed by atoms with Gasteiger partial charge in [-0.1, -0.05) is 75.2 Å². The van der Waals surface area contributed by atoms with Gasteiger partial charge in [-0.25, -0.2) is 0 Å². The van der Waals surface area contributed by atoms with Gasteiger partial charge in [0.15, 0.2) is 0 Å². The van der Waals surface area contributed by atoms with E-state index in [4.69, 9.17) is 0 Å². The van der Waals surface area contributed by atoms with Gasteiger partial charge in [0.2, 0.25) is 0 Å². The second kappa shape index (κ2) is 7.26. The summed E-state index contributed by atoms with van der Waals surface area (Å²) in [7, 11) is 0. The standard InChI is InChI=1S/C30H36/c1-17(2)21-9-7-11-27-25-15-16-26-24(14-13-23(25)19(5)29(21)27)20(6)30-22(18(3)4)10-8-12-28(26)30/h7-12,17-18,25-26H,13-16H2,1-6H3. The van der Waals surface area contributed by atoms with Crippen molar-refractivity contribution in [1.29, 1.82) is 0 Å². The van der Waals surface area contributed by atoms with Crippen LogP contribution in [0.1, 0.15) is 124 Å². The number of benzene rings is 2. The molecule has 0 radical (unpaired) electrons. The summed E-state index contributed by atoms with van der Waals surface area (Å²) in [5, 5.41) is 0. The van der Waals surface area contributed by atoms with Crippen LogP contribution in [-0.2, 0) is 0 Å². The van der Waals surface area contributed by atoms with Gasteiger partial charge in [0, 0.05) is 11.8 Å². The summed E-state index contributed by atoms with van der Waals surface area (Å²) in [5.74, 6) is 2.45. The quantitative estimate of drug-likeness (QED) is 0.475. The molecule has 2 atom stereocenters. The number of rotatable bonds is 2. The van der Waals surface area contributed by atoms with Gasteiger partial charge in [-0.15, -0.1) is 0 Å². The van der Waals surface area contributed by atoms with Crippen molar-refractivity contribution >= 4 is 11.1 Å². The largest absolute Gasteiger partial charge is 0.0616 e. The lowest BCUT2D eigenvalue weighted by atomic mass is 9.78. The fourth-order valence-electron chi connectivity index (χ4n) is 6.79. The van der Waals surface area contributed by atoms with Crippen LogP contribution in [0.25, 0.3) is 11.1 Å². The van der Waals surface area contributed by atoms with E-state index in [-0.39, 0.29) is 0 Å². The Balaban J connectivity index is 1.58. The van der Waals surface area contributed by atoms with Gasteiger partial charge in [0.1, 0.15) is 0 Å². The number of hydrogen-bond acceptors (Lipinski definition) is 0. The van der Waals surface area contributed by atoms with Crippen molar-refractivity contribution in [3.05, 3.63) is 80.9 Å². The van der Waals surface area contributed by atoms with Crippen LogP contribution in [0.3, 0.4) is 0 Å². The topological polar surface area (TPSA) is 0 Å². The summed E-state index contributed by atoms with van der Waals surface area (Å²) in [6, 6.07) is 14.2. The van der Waals surface area contributed by atoms with Crippen molar-refractivity contribution < 1.29 is 0 Å².